The Morgan fingerprint density at radius 2 is 1.96 bits per heavy atom. The molecule has 2 aliphatic rings. The lowest BCUT2D eigenvalue weighted by Crippen LogP contribution is -2.36. The van der Waals surface area contributed by atoms with Crippen molar-refractivity contribution in [3.8, 4) is 16.9 Å². The molecule has 1 aliphatic heterocycles. The summed E-state index contributed by atoms with van der Waals surface area (Å²) in [6, 6.07) is 15.0. The zero-order chi connectivity index (χ0) is 15.9. The third kappa shape index (κ3) is 2.34. The predicted octanol–water partition coefficient (Wildman–Crippen LogP) is 2.93. The number of aliphatic imine (C=N–C) groups is 1. The molecule has 118 valence electrons. The molecular weight excluding hydrogens is 288 g/mol. The van der Waals surface area contributed by atoms with Crippen molar-refractivity contribution in [1.29, 1.82) is 0 Å². The maximum absolute atomic E-state index is 5.77. The lowest BCUT2D eigenvalue weighted by Gasteiger charge is -2.32. The van der Waals surface area contributed by atoms with E-state index >= 15 is 0 Å². The molecular formula is C19H20N2O2. The molecule has 0 saturated carbocycles. The third-order valence-electron chi connectivity index (χ3n) is 4.88. The highest BCUT2D eigenvalue weighted by Gasteiger charge is 2.41. The molecule has 4 heteroatoms. The molecule has 1 atom stereocenters. The molecule has 0 fully saturated rings. The Hall–Kier alpha value is -2.49. The van der Waals surface area contributed by atoms with Gasteiger partial charge in [0.2, 0.25) is 0 Å². The highest BCUT2D eigenvalue weighted by Crippen LogP contribution is 2.42. The van der Waals surface area contributed by atoms with Crippen LogP contribution >= 0.6 is 0 Å². The Morgan fingerprint density at radius 3 is 2.65 bits per heavy atom. The Labute approximate surface area is 135 Å². The Morgan fingerprint density at radius 1 is 1.13 bits per heavy atom. The van der Waals surface area contributed by atoms with E-state index in [2.05, 4.69) is 41.4 Å². The van der Waals surface area contributed by atoms with E-state index in [1.54, 1.807) is 7.11 Å². The van der Waals surface area contributed by atoms with Crippen molar-refractivity contribution in [1.82, 2.24) is 0 Å². The highest BCUT2D eigenvalue weighted by molar-refractivity contribution is 5.75. The van der Waals surface area contributed by atoms with Gasteiger partial charge >= 0.3 is 0 Å². The number of benzene rings is 2. The van der Waals surface area contributed by atoms with Crippen LogP contribution in [0, 0.1) is 0 Å². The van der Waals surface area contributed by atoms with Gasteiger partial charge < -0.3 is 15.2 Å². The molecule has 23 heavy (non-hydrogen) atoms. The fourth-order valence-electron chi connectivity index (χ4n) is 3.73. The van der Waals surface area contributed by atoms with Crippen LogP contribution in [-0.2, 0) is 17.6 Å². The van der Waals surface area contributed by atoms with Gasteiger partial charge in [-0.15, -0.1) is 0 Å². The Balaban J connectivity index is 1.85. The van der Waals surface area contributed by atoms with Crippen molar-refractivity contribution in [2.75, 3.05) is 13.7 Å². The number of hydrogen-bond donors (Lipinski definition) is 1. The fraction of sp³-hybridized carbons (Fsp3) is 0.316. The minimum absolute atomic E-state index is 0.215. The highest BCUT2D eigenvalue weighted by atomic mass is 16.5. The number of rotatable bonds is 2. The number of nitrogens with two attached hydrogens (primary N) is 1. The van der Waals surface area contributed by atoms with Crippen molar-refractivity contribution < 1.29 is 9.47 Å². The summed E-state index contributed by atoms with van der Waals surface area (Å²) in [7, 11) is 1.73. The van der Waals surface area contributed by atoms with Gasteiger partial charge in [-0.05, 0) is 41.2 Å². The first kappa shape index (κ1) is 14.1. The topological polar surface area (TPSA) is 56.8 Å². The van der Waals surface area contributed by atoms with Gasteiger partial charge in [0.1, 0.15) is 17.9 Å². The SMILES string of the molecule is COc1ccc(-c2ccccc2)c2c1CCC1(COC(N)=N1)C2. The summed E-state index contributed by atoms with van der Waals surface area (Å²) >= 11 is 0. The maximum Gasteiger partial charge on any atom is 0.282 e. The van der Waals surface area contributed by atoms with Crippen LogP contribution < -0.4 is 10.5 Å². The van der Waals surface area contributed by atoms with Crippen molar-refractivity contribution in [3.63, 3.8) is 0 Å². The van der Waals surface area contributed by atoms with E-state index in [1.807, 2.05) is 6.07 Å². The summed E-state index contributed by atoms with van der Waals surface area (Å²) in [5.41, 5.74) is 10.6. The number of methoxy groups -OCH3 is 1. The van der Waals surface area contributed by atoms with Gasteiger partial charge in [0, 0.05) is 6.42 Å². The van der Waals surface area contributed by atoms with E-state index in [0.29, 0.717) is 12.6 Å². The van der Waals surface area contributed by atoms with Gasteiger partial charge in [0.05, 0.1) is 7.11 Å². The van der Waals surface area contributed by atoms with Crippen LogP contribution in [0.25, 0.3) is 11.1 Å². The van der Waals surface area contributed by atoms with Gasteiger partial charge in [-0.2, -0.15) is 0 Å². The van der Waals surface area contributed by atoms with Gasteiger partial charge in [0.15, 0.2) is 0 Å². The maximum atomic E-state index is 5.77. The summed E-state index contributed by atoms with van der Waals surface area (Å²) in [6.45, 7) is 0.573. The molecule has 2 aromatic carbocycles. The standard InChI is InChI=1S/C19H20N2O2/c1-22-17-8-7-14(13-5-3-2-4-6-13)16-11-19(10-9-15(16)17)12-23-18(20)21-19/h2-8H,9-12H2,1H3,(H2,20,21). The summed E-state index contributed by atoms with van der Waals surface area (Å²) < 4.78 is 11.0. The lowest BCUT2D eigenvalue weighted by atomic mass is 9.76. The van der Waals surface area contributed by atoms with Crippen LogP contribution in [-0.4, -0.2) is 25.3 Å². The first-order chi connectivity index (χ1) is 11.2. The van der Waals surface area contributed by atoms with E-state index in [-0.39, 0.29) is 5.54 Å². The van der Waals surface area contributed by atoms with E-state index in [0.717, 1.165) is 25.0 Å². The molecule has 1 aliphatic carbocycles. The second kappa shape index (κ2) is 5.30. The predicted molar refractivity (Wildman–Crippen MR) is 90.8 cm³/mol. The van der Waals surface area contributed by atoms with Crippen LogP contribution in [0.3, 0.4) is 0 Å². The molecule has 1 unspecified atom stereocenters. The van der Waals surface area contributed by atoms with Gasteiger partial charge in [-0.3, -0.25) is 0 Å². The molecule has 1 heterocycles. The minimum Gasteiger partial charge on any atom is -0.496 e. The quantitative estimate of drug-likeness (QED) is 0.928. The Bertz CT molecular complexity index is 770. The van der Waals surface area contributed by atoms with Crippen LogP contribution in [0.5, 0.6) is 5.75 Å². The average molecular weight is 308 g/mol. The zero-order valence-corrected chi connectivity index (χ0v) is 13.2. The summed E-state index contributed by atoms with van der Waals surface area (Å²) in [6.07, 6.45) is 2.71. The third-order valence-corrected chi connectivity index (χ3v) is 4.88. The lowest BCUT2D eigenvalue weighted by molar-refractivity contribution is 0.234. The van der Waals surface area contributed by atoms with Crippen molar-refractivity contribution in [2.24, 2.45) is 10.7 Å². The number of amidine groups is 1. The summed E-state index contributed by atoms with van der Waals surface area (Å²) in [4.78, 5) is 4.60. The smallest absolute Gasteiger partial charge is 0.282 e. The van der Waals surface area contributed by atoms with Crippen LogP contribution in [0.1, 0.15) is 17.5 Å². The second-order valence-electron chi connectivity index (χ2n) is 6.28. The molecule has 0 amide bonds. The van der Waals surface area contributed by atoms with E-state index in [1.165, 1.54) is 22.3 Å². The molecule has 0 radical (unpaired) electrons. The van der Waals surface area contributed by atoms with E-state index in [4.69, 9.17) is 15.2 Å². The van der Waals surface area contributed by atoms with Gasteiger partial charge in [0.25, 0.3) is 6.02 Å². The molecule has 2 aromatic rings. The number of ether oxygens (including phenoxy) is 2. The van der Waals surface area contributed by atoms with Crippen LogP contribution in [0.2, 0.25) is 0 Å². The molecule has 4 rings (SSSR count). The molecule has 4 nitrogen and oxygen atoms in total. The largest absolute Gasteiger partial charge is 0.496 e. The number of nitrogens with zero attached hydrogens (tertiary/aromatic N) is 1. The molecule has 0 saturated heterocycles. The summed E-state index contributed by atoms with van der Waals surface area (Å²) in [5, 5.41) is 0. The molecule has 2 N–H and O–H groups in total. The van der Waals surface area contributed by atoms with E-state index in [9.17, 15) is 0 Å². The minimum atomic E-state index is -0.215. The first-order valence-electron chi connectivity index (χ1n) is 7.93. The first-order valence-corrected chi connectivity index (χ1v) is 7.93. The second-order valence-corrected chi connectivity index (χ2v) is 6.28. The van der Waals surface area contributed by atoms with Crippen molar-refractivity contribution in [3.05, 3.63) is 53.6 Å². The summed E-state index contributed by atoms with van der Waals surface area (Å²) in [5.74, 6) is 0.963. The molecule has 0 aromatic heterocycles. The Kier molecular flexibility index (Phi) is 3.26. The van der Waals surface area contributed by atoms with Crippen LogP contribution in [0.4, 0.5) is 0 Å². The van der Waals surface area contributed by atoms with Crippen molar-refractivity contribution >= 4 is 6.02 Å². The monoisotopic (exact) mass is 308 g/mol. The van der Waals surface area contributed by atoms with Gasteiger partial charge in [-0.1, -0.05) is 36.4 Å². The van der Waals surface area contributed by atoms with E-state index < -0.39 is 0 Å². The van der Waals surface area contributed by atoms with Crippen LogP contribution in [0.15, 0.2) is 47.5 Å². The molecule has 1 spiro atoms. The normalized spacial score (nSPS) is 22.4. The van der Waals surface area contributed by atoms with Crippen molar-refractivity contribution in [2.45, 2.75) is 24.8 Å². The van der Waals surface area contributed by atoms with Gasteiger partial charge in [-0.25, -0.2) is 4.99 Å². The number of hydrogen-bond acceptors (Lipinski definition) is 4. The number of fused-ring (bicyclic) bond motifs is 1. The average Bonchev–Trinajstić information content (AvgIpc) is 2.94. The fourth-order valence-corrected chi connectivity index (χ4v) is 3.73. The molecule has 0 bridgehead atoms. The zero-order valence-electron chi connectivity index (χ0n) is 13.2.